The van der Waals surface area contributed by atoms with Crippen LogP contribution in [0.4, 0.5) is 4.39 Å². The largest absolute Gasteiger partial charge is 0.382 e. The molecular weight excluding hydrogens is 404 g/mol. The maximum atomic E-state index is 14.7. The first kappa shape index (κ1) is 19.8. The first-order chi connectivity index (χ1) is 14.5. The predicted octanol–water partition coefficient (Wildman–Crippen LogP) is 2.17. The molecule has 5 rings (SSSR count). The number of aliphatic hydroxyl groups excluding tert-OH is 1. The van der Waals surface area contributed by atoms with Gasteiger partial charge >= 0.3 is 0 Å². The molecule has 6 nitrogen and oxygen atoms in total. The monoisotopic (exact) mass is 428 g/mol. The highest BCUT2D eigenvalue weighted by Crippen LogP contribution is 2.56. The molecule has 1 unspecified atom stereocenters. The molecule has 1 aliphatic carbocycles. The van der Waals surface area contributed by atoms with E-state index in [0.717, 1.165) is 13.1 Å². The lowest BCUT2D eigenvalue weighted by atomic mass is 10.0. The average molecular weight is 428 g/mol. The first-order valence-electron chi connectivity index (χ1n) is 10.3. The average Bonchev–Trinajstić information content (AvgIpc) is 3.60. The van der Waals surface area contributed by atoms with E-state index in [0.29, 0.717) is 45.7 Å². The van der Waals surface area contributed by atoms with E-state index in [-0.39, 0.29) is 5.56 Å². The molecular formula is C22H24FN3O3P. The van der Waals surface area contributed by atoms with Crippen LogP contribution >= 0.6 is 7.49 Å². The zero-order valence-corrected chi connectivity index (χ0v) is 17.4. The Balaban J connectivity index is 1.49. The normalized spacial score (nSPS) is 20.4. The Hall–Kier alpha value is -2.18. The van der Waals surface area contributed by atoms with E-state index in [1.54, 1.807) is 30.3 Å². The summed E-state index contributed by atoms with van der Waals surface area (Å²) < 4.78 is 14.7. The quantitative estimate of drug-likeness (QED) is 0.555. The third kappa shape index (κ3) is 3.46. The van der Waals surface area contributed by atoms with Crippen LogP contribution in [0.3, 0.4) is 0 Å². The molecule has 0 amide bonds. The Bertz CT molecular complexity index is 1160. The second-order valence-electron chi connectivity index (χ2n) is 8.23. The van der Waals surface area contributed by atoms with Gasteiger partial charge in [-0.25, -0.2) is 9.49 Å². The minimum absolute atomic E-state index is 0.302. The molecule has 2 fully saturated rings. The SMILES string of the molecule is O=c1[nH]nc(C(O)c2ccc(F)c([P]3(O)CCN(C4CC4)CC3)c2)c2ccccc12. The minimum Gasteiger partial charge on any atom is -0.382 e. The molecule has 1 aromatic heterocycles. The molecule has 1 atom stereocenters. The van der Waals surface area contributed by atoms with E-state index in [9.17, 15) is 19.2 Å². The Morgan fingerprint density at radius 2 is 1.83 bits per heavy atom. The molecule has 1 saturated carbocycles. The molecule has 0 bridgehead atoms. The van der Waals surface area contributed by atoms with Crippen molar-refractivity contribution in [2.75, 3.05) is 25.4 Å². The van der Waals surface area contributed by atoms with Crippen molar-refractivity contribution < 1.29 is 14.4 Å². The number of nitrogens with zero attached hydrogens (tertiary/aromatic N) is 2. The van der Waals surface area contributed by atoms with Gasteiger partial charge in [0.15, 0.2) is 0 Å². The van der Waals surface area contributed by atoms with Gasteiger partial charge in [0, 0.05) is 49.6 Å². The summed E-state index contributed by atoms with van der Waals surface area (Å²) in [5.74, 6) is -0.430. The van der Waals surface area contributed by atoms with Crippen molar-refractivity contribution in [3.05, 3.63) is 69.9 Å². The zero-order chi connectivity index (χ0) is 20.9. The molecule has 0 spiro atoms. The van der Waals surface area contributed by atoms with E-state index in [2.05, 4.69) is 15.1 Å². The number of benzene rings is 2. The van der Waals surface area contributed by atoms with Crippen molar-refractivity contribution in [1.29, 1.82) is 0 Å². The molecule has 8 heteroatoms. The Labute approximate surface area is 173 Å². The smallest absolute Gasteiger partial charge is 0.272 e. The van der Waals surface area contributed by atoms with Gasteiger partial charge in [-0.1, -0.05) is 24.3 Å². The number of fused-ring (bicyclic) bond motifs is 1. The number of H-pyrrole nitrogens is 1. The van der Waals surface area contributed by atoms with Gasteiger partial charge < -0.3 is 10.00 Å². The van der Waals surface area contributed by atoms with Crippen LogP contribution < -0.4 is 10.9 Å². The summed E-state index contributed by atoms with van der Waals surface area (Å²) in [5, 5.41) is 18.8. The highest BCUT2D eigenvalue weighted by Gasteiger charge is 2.39. The number of nitrogens with one attached hydrogen (secondary N) is 1. The van der Waals surface area contributed by atoms with Gasteiger partial charge in [0.25, 0.3) is 5.56 Å². The summed E-state index contributed by atoms with van der Waals surface area (Å²) in [5.41, 5.74) is 0.426. The van der Waals surface area contributed by atoms with Crippen LogP contribution in [-0.4, -0.2) is 56.6 Å². The van der Waals surface area contributed by atoms with Crippen molar-refractivity contribution in [2.45, 2.75) is 25.0 Å². The Morgan fingerprint density at radius 1 is 1.13 bits per heavy atom. The molecule has 30 heavy (non-hydrogen) atoms. The molecule has 1 radical (unpaired) electrons. The number of aromatic amines is 1. The summed E-state index contributed by atoms with van der Waals surface area (Å²) >= 11 is 0. The summed E-state index contributed by atoms with van der Waals surface area (Å²) in [4.78, 5) is 25.8. The second-order valence-corrected chi connectivity index (χ2v) is 11.5. The van der Waals surface area contributed by atoms with E-state index in [1.165, 1.54) is 25.0 Å². The summed E-state index contributed by atoms with van der Waals surface area (Å²) in [6, 6.07) is 12.0. The molecule has 3 N–H and O–H groups in total. The summed E-state index contributed by atoms with van der Waals surface area (Å²) in [6.07, 6.45) is 2.42. The van der Waals surface area contributed by atoms with Gasteiger partial charge in [0.2, 0.25) is 0 Å². The van der Waals surface area contributed by atoms with Gasteiger partial charge in [-0.2, -0.15) is 5.10 Å². The molecule has 2 aliphatic rings. The van der Waals surface area contributed by atoms with Crippen molar-refractivity contribution >= 4 is 23.6 Å². The maximum Gasteiger partial charge on any atom is 0.272 e. The second kappa shape index (κ2) is 7.50. The molecule has 157 valence electrons. The van der Waals surface area contributed by atoms with E-state index >= 15 is 0 Å². The zero-order valence-electron chi connectivity index (χ0n) is 16.5. The number of hydrogen-bond donors (Lipinski definition) is 3. The number of rotatable bonds is 4. The minimum atomic E-state index is -2.62. The van der Waals surface area contributed by atoms with E-state index < -0.39 is 19.4 Å². The van der Waals surface area contributed by atoms with E-state index in [1.807, 2.05) is 0 Å². The lowest BCUT2D eigenvalue weighted by Crippen LogP contribution is -2.41. The first-order valence-corrected chi connectivity index (χ1v) is 12.4. The van der Waals surface area contributed by atoms with Gasteiger partial charge in [-0.3, -0.25) is 9.69 Å². The predicted molar refractivity (Wildman–Crippen MR) is 116 cm³/mol. The Kier molecular flexibility index (Phi) is 4.94. The number of aromatic nitrogens is 2. The van der Waals surface area contributed by atoms with Crippen LogP contribution in [0.15, 0.2) is 47.3 Å². The lowest BCUT2D eigenvalue weighted by molar-refractivity contribution is 0.216. The van der Waals surface area contributed by atoms with Gasteiger partial charge in [0.1, 0.15) is 17.6 Å². The third-order valence-electron chi connectivity index (χ3n) is 6.30. The third-order valence-corrected chi connectivity index (χ3v) is 9.42. The molecule has 2 heterocycles. The van der Waals surface area contributed by atoms with Gasteiger partial charge in [-0.05, 0) is 36.6 Å². The maximum absolute atomic E-state index is 14.7. The van der Waals surface area contributed by atoms with Crippen LogP contribution in [0.2, 0.25) is 0 Å². The fourth-order valence-corrected chi connectivity index (χ4v) is 7.12. The number of aliphatic hydroxyl groups is 1. The van der Waals surface area contributed by atoms with Crippen molar-refractivity contribution in [1.82, 2.24) is 15.1 Å². The van der Waals surface area contributed by atoms with Crippen LogP contribution in [-0.2, 0) is 0 Å². The topological polar surface area (TPSA) is 89.5 Å². The van der Waals surface area contributed by atoms with Crippen LogP contribution in [0.25, 0.3) is 10.8 Å². The van der Waals surface area contributed by atoms with Crippen LogP contribution in [0, 0.1) is 5.82 Å². The summed E-state index contributed by atoms with van der Waals surface area (Å²) in [7, 11) is -2.62. The van der Waals surface area contributed by atoms with Crippen molar-refractivity contribution in [3.8, 4) is 0 Å². The lowest BCUT2D eigenvalue weighted by Gasteiger charge is -2.40. The molecule has 1 aliphatic heterocycles. The molecule has 3 aromatic rings. The standard InChI is InChI=1S/C22H24FN3O3P/c23-18-8-5-14(13-19(18)30(29)11-9-26(10-12-30)15-6-7-15)21(27)20-16-3-1-2-4-17(16)22(28)25-24-20/h1-5,8,13,15,21,27,29H,6-7,9-12H2,(H,25,28). The fourth-order valence-electron chi connectivity index (χ4n) is 4.38. The van der Waals surface area contributed by atoms with Crippen molar-refractivity contribution in [3.63, 3.8) is 0 Å². The number of halogens is 1. The van der Waals surface area contributed by atoms with Gasteiger partial charge in [-0.15, -0.1) is 0 Å². The number of hydrogen-bond acceptors (Lipinski definition) is 5. The molecule has 2 aromatic carbocycles. The van der Waals surface area contributed by atoms with Crippen LogP contribution in [0.1, 0.15) is 30.2 Å². The van der Waals surface area contributed by atoms with Crippen LogP contribution in [0.5, 0.6) is 0 Å². The molecule has 1 saturated heterocycles. The fraction of sp³-hybridized carbons (Fsp3) is 0.364. The Morgan fingerprint density at radius 3 is 2.53 bits per heavy atom. The highest BCUT2D eigenvalue weighted by molar-refractivity contribution is 7.77. The van der Waals surface area contributed by atoms with Gasteiger partial charge in [0.05, 0.1) is 5.39 Å². The summed E-state index contributed by atoms with van der Waals surface area (Å²) in [6.45, 7) is 1.57. The van der Waals surface area contributed by atoms with E-state index in [4.69, 9.17) is 0 Å². The van der Waals surface area contributed by atoms with Crippen molar-refractivity contribution in [2.24, 2.45) is 0 Å². The highest BCUT2D eigenvalue weighted by atomic mass is 31.2.